The Kier molecular flexibility index (Phi) is 4.47. The summed E-state index contributed by atoms with van der Waals surface area (Å²) < 4.78 is 0. The van der Waals surface area contributed by atoms with Gasteiger partial charge in [0.15, 0.2) is 0 Å². The molecule has 0 fully saturated rings. The fraction of sp³-hybridized carbons (Fsp3) is 0.300. The third-order valence-electron chi connectivity index (χ3n) is 2.08. The summed E-state index contributed by atoms with van der Waals surface area (Å²) in [7, 11) is 0. The number of azide groups is 1. The fourth-order valence-corrected chi connectivity index (χ4v) is 1.26. The number of aliphatic hydroxyl groups is 2. The van der Waals surface area contributed by atoms with E-state index in [-0.39, 0.29) is 6.54 Å². The zero-order valence-corrected chi connectivity index (χ0v) is 8.39. The molecule has 2 atom stereocenters. The molecule has 0 saturated carbocycles. The number of hydrogen-bond acceptors (Lipinski definition) is 4. The van der Waals surface area contributed by atoms with E-state index in [2.05, 4.69) is 10.0 Å². The number of aldehydes is 1. The maximum absolute atomic E-state index is 10.5. The lowest BCUT2D eigenvalue weighted by atomic mass is 10.0. The van der Waals surface area contributed by atoms with E-state index in [1.165, 1.54) is 6.07 Å². The molecule has 0 bridgehead atoms. The Morgan fingerprint density at radius 2 is 2.25 bits per heavy atom. The first-order valence-corrected chi connectivity index (χ1v) is 4.61. The Hall–Kier alpha value is -1.88. The second kappa shape index (κ2) is 5.87. The van der Waals surface area contributed by atoms with E-state index in [1.54, 1.807) is 18.2 Å². The standard InChI is InChI=1S/C10H11N3O3/c11-13-12-5-9(15)10(16)8-3-1-2-7(4-8)6-14/h1-4,6,9-10,15-16H,5H2. The molecule has 1 rings (SSSR count). The van der Waals surface area contributed by atoms with E-state index < -0.39 is 12.2 Å². The average Bonchev–Trinajstić information content (AvgIpc) is 2.35. The summed E-state index contributed by atoms with van der Waals surface area (Å²) in [5.41, 5.74) is 8.89. The summed E-state index contributed by atoms with van der Waals surface area (Å²) in [6.45, 7) is -0.219. The van der Waals surface area contributed by atoms with E-state index in [0.717, 1.165) is 0 Å². The molecule has 0 saturated heterocycles. The van der Waals surface area contributed by atoms with E-state index in [4.69, 9.17) is 5.53 Å². The van der Waals surface area contributed by atoms with Gasteiger partial charge in [-0.05, 0) is 17.2 Å². The molecule has 1 aromatic rings. The molecule has 0 amide bonds. The van der Waals surface area contributed by atoms with Crippen molar-refractivity contribution in [2.45, 2.75) is 12.2 Å². The van der Waals surface area contributed by atoms with Crippen molar-refractivity contribution < 1.29 is 15.0 Å². The highest BCUT2D eigenvalue weighted by Crippen LogP contribution is 2.17. The van der Waals surface area contributed by atoms with Crippen LogP contribution in [0, 0.1) is 0 Å². The first-order valence-electron chi connectivity index (χ1n) is 4.61. The summed E-state index contributed by atoms with van der Waals surface area (Å²) in [6, 6.07) is 6.24. The third-order valence-corrected chi connectivity index (χ3v) is 2.08. The molecular weight excluding hydrogens is 210 g/mol. The van der Waals surface area contributed by atoms with Gasteiger partial charge in [0.25, 0.3) is 0 Å². The average molecular weight is 221 g/mol. The van der Waals surface area contributed by atoms with Crippen molar-refractivity contribution >= 4 is 6.29 Å². The molecule has 0 aromatic heterocycles. The van der Waals surface area contributed by atoms with Crippen LogP contribution in [0.15, 0.2) is 29.4 Å². The van der Waals surface area contributed by atoms with Gasteiger partial charge in [0.2, 0.25) is 0 Å². The Balaban J connectivity index is 2.81. The van der Waals surface area contributed by atoms with E-state index in [9.17, 15) is 15.0 Å². The molecule has 0 aliphatic heterocycles. The molecule has 2 unspecified atom stereocenters. The molecule has 84 valence electrons. The predicted octanol–water partition coefficient (Wildman–Crippen LogP) is 1.20. The van der Waals surface area contributed by atoms with Crippen LogP contribution in [-0.2, 0) is 0 Å². The normalized spacial score (nSPS) is 13.6. The van der Waals surface area contributed by atoms with Gasteiger partial charge in [0, 0.05) is 10.5 Å². The van der Waals surface area contributed by atoms with Crippen molar-refractivity contribution in [1.29, 1.82) is 0 Å². The van der Waals surface area contributed by atoms with Crippen molar-refractivity contribution in [2.75, 3.05) is 6.54 Å². The molecule has 6 heteroatoms. The summed E-state index contributed by atoms with van der Waals surface area (Å²) in [4.78, 5) is 13.0. The summed E-state index contributed by atoms with van der Waals surface area (Å²) in [5.74, 6) is 0. The lowest BCUT2D eigenvalue weighted by Crippen LogP contribution is -2.21. The highest BCUT2D eigenvalue weighted by Gasteiger charge is 2.17. The van der Waals surface area contributed by atoms with Crippen LogP contribution < -0.4 is 0 Å². The first-order chi connectivity index (χ1) is 7.69. The van der Waals surface area contributed by atoms with Gasteiger partial charge in [-0.3, -0.25) is 4.79 Å². The van der Waals surface area contributed by atoms with Crippen LogP contribution in [0.4, 0.5) is 0 Å². The summed E-state index contributed by atoms with van der Waals surface area (Å²) >= 11 is 0. The second-order valence-corrected chi connectivity index (χ2v) is 3.21. The van der Waals surface area contributed by atoms with E-state index in [1.807, 2.05) is 0 Å². The monoisotopic (exact) mass is 221 g/mol. The van der Waals surface area contributed by atoms with Crippen LogP contribution in [0.3, 0.4) is 0 Å². The molecule has 0 aliphatic rings. The number of carbonyl (C=O) groups is 1. The van der Waals surface area contributed by atoms with Crippen molar-refractivity contribution in [2.24, 2.45) is 5.11 Å². The number of aliphatic hydroxyl groups excluding tert-OH is 2. The number of nitrogens with zero attached hydrogens (tertiary/aromatic N) is 3. The molecule has 0 radical (unpaired) electrons. The van der Waals surface area contributed by atoms with Gasteiger partial charge in [-0.15, -0.1) is 0 Å². The maximum Gasteiger partial charge on any atom is 0.150 e. The topological polar surface area (TPSA) is 106 Å². The number of benzene rings is 1. The molecular formula is C10H11N3O3. The summed E-state index contributed by atoms with van der Waals surface area (Å²) in [5, 5.41) is 22.3. The molecule has 0 spiro atoms. The number of rotatable bonds is 5. The quantitative estimate of drug-likeness (QED) is 0.337. The smallest absolute Gasteiger partial charge is 0.150 e. The van der Waals surface area contributed by atoms with Gasteiger partial charge in [0.1, 0.15) is 12.4 Å². The van der Waals surface area contributed by atoms with Gasteiger partial charge in [-0.2, -0.15) is 0 Å². The fourth-order valence-electron chi connectivity index (χ4n) is 1.26. The zero-order chi connectivity index (χ0) is 12.0. The first kappa shape index (κ1) is 12.2. The lowest BCUT2D eigenvalue weighted by molar-refractivity contribution is 0.0244. The molecule has 0 aliphatic carbocycles. The summed E-state index contributed by atoms with van der Waals surface area (Å²) in [6.07, 6.45) is -1.71. The molecule has 2 N–H and O–H groups in total. The van der Waals surface area contributed by atoms with Crippen LogP contribution in [0.1, 0.15) is 22.0 Å². The van der Waals surface area contributed by atoms with Crippen molar-refractivity contribution in [3.8, 4) is 0 Å². The van der Waals surface area contributed by atoms with Gasteiger partial charge < -0.3 is 10.2 Å². The Morgan fingerprint density at radius 1 is 1.50 bits per heavy atom. The highest BCUT2D eigenvalue weighted by molar-refractivity contribution is 5.74. The Bertz CT molecular complexity index is 416. The second-order valence-electron chi connectivity index (χ2n) is 3.21. The van der Waals surface area contributed by atoms with Crippen molar-refractivity contribution in [1.82, 2.24) is 0 Å². The highest BCUT2D eigenvalue weighted by atomic mass is 16.3. The largest absolute Gasteiger partial charge is 0.390 e. The minimum atomic E-state index is -1.18. The van der Waals surface area contributed by atoms with Crippen LogP contribution in [0.25, 0.3) is 10.4 Å². The molecule has 0 heterocycles. The van der Waals surface area contributed by atoms with E-state index in [0.29, 0.717) is 17.4 Å². The molecule has 16 heavy (non-hydrogen) atoms. The maximum atomic E-state index is 10.5. The van der Waals surface area contributed by atoms with Crippen molar-refractivity contribution in [3.63, 3.8) is 0 Å². The molecule has 1 aromatic carbocycles. The third kappa shape index (κ3) is 3.06. The zero-order valence-electron chi connectivity index (χ0n) is 8.39. The van der Waals surface area contributed by atoms with Crippen LogP contribution in [0.5, 0.6) is 0 Å². The number of carbonyl (C=O) groups excluding carboxylic acids is 1. The predicted molar refractivity (Wildman–Crippen MR) is 56.8 cm³/mol. The Morgan fingerprint density at radius 3 is 2.88 bits per heavy atom. The van der Waals surface area contributed by atoms with Gasteiger partial charge in [-0.25, -0.2) is 0 Å². The minimum absolute atomic E-state index is 0.219. The van der Waals surface area contributed by atoms with Gasteiger partial charge in [0.05, 0.1) is 12.6 Å². The van der Waals surface area contributed by atoms with Crippen LogP contribution >= 0.6 is 0 Å². The molecule has 6 nitrogen and oxygen atoms in total. The van der Waals surface area contributed by atoms with Crippen LogP contribution in [-0.4, -0.2) is 29.1 Å². The Labute approximate surface area is 91.8 Å². The minimum Gasteiger partial charge on any atom is -0.390 e. The van der Waals surface area contributed by atoms with Gasteiger partial charge >= 0.3 is 0 Å². The van der Waals surface area contributed by atoms with Crippen LogP contribution in [0.2, 0.25) is 0 Å². The number of hydrogen-bond donors (Lipinski definition) is 2. The van der Waals surface area contributed by atoms with Crippen molar-refractivity contribution in [3.05, 3.63) is 45.8 Å². The SMILES string of the molecule is [N-]=[N+]=NCC(O)C(O)c1cccc(C=O)c1. The van der Waals surface area contributed by atoms with E-state index >= 15 is 0 Å². The van der Waals surface area contributed by atoms with Gasteiger partial charge in [-0.1, -0.05) is 23.3 Å². The lowest BCUT2D eigenvalue weighted by Gasteiger charge is -2.16.